The number of imide groups is 1. The van der Waals surface area contributed by atoms with Crippen LogP contribution in [0.1, 0.15) is 18.1 Å². The number of hydrogen-bond acceptors (Lipinski definition) is 5. The molecule has 9 heteroatoms. The number of urea groups is 1. The molecule has 3 amide bonds. The summed E-state index contributed by atoms with van der Waals surface area (Å²) < 4.78 is 11.5. The molecule has 2 N–H and O–H groups in total. The molecule has 0 radical (unpaired) electrons. The third-order valence-corrected chi connectivity index (χ3v) is 4.41. The molecule has 1 fully saturated rings. The van der Waals surface area contributed by atoms with Crippen LogP contribution >= 0.6 is 11.6 Å². The van der Waals surface area contributed by atoms with E-state index in [-0.39, 0.29) is 10.7 Å². The second-order valence-electron chi connectivity index (χ2n) is 6.31. The van der Waals surface area contributed by atoms with Crippen molar-refractivity contribution < 1.29 is 29.0 Å². The van der Waals surface area contributed by atoms with Gasteiger partial charge in [0.25, 0.3) is 5.91 Å². The first-order valence-corrected chi connectivity index (χ1v) is 9.46. The fourth-order valence-electron chi connectivity index (χ4n) is 2.82. The van der Waals surface area contributed by atoms with Crippen LogP contribution in [0.25, 0.3) is 6.08 Å². The molecule has 1 aliphatic heterocycles. The van der Waals surface area contributed by atoms with Gasteiger partial charge in [-0.2, -0.15) is 0 Å². The molecule has 0 bridgehead atoms. The van der Waals surface area contributed by atoms with Crippen LogP contribution in [0.4, 0.5) is 4.79 Å². The molecular weight excluding hydrogens is 412 g/mol. The molecule has 2 aromatic rings. The second-order valence-corrected chi connectivity index (χ2v) is 6.72. The van der Waals surface area contributed by atoms with Gasteiger partial charge in [0.1, 0.15) is 18.8 Å². The average molecular weight is 431 g/mol. The van der Waals surface area contributed by atoms with E-state index in [1.165, 1.54) is 6.08 Å². The van der Waals surface area contributed by atoms with Gasteiger partial charge in [0, 0.05) is 0 Å². The lowest BCUT2D eigenvalue weighted by Gasteiger charge is -2.14. The second kappa shape index (κ2) is 9.32. The first kappa shape index (κ1) is 21.2. The van der Waals surface area contributed by atoms with E-state index in [2.05, 4.69) is 5.32 Å². The van der Waals surface area contributed by atoms with Crippen LogP contribution in [-0.4, -0.2) is 41.1 Å². The van der Waals surface area contributed by atoms with Gasteiger partial charge < -0.3 is 19.9 Å². The van der Waals surface area contributed by atoms with Gasteiger partial charge in [0.15, 0.2) is 11.5 Å². The van der Waals surface area contributed by atoms with Crippen LogP contribution in [0.5, 0.6) is 11.5 Å². The Morgan fingerprint density at radius 2 is 1.93 bits per heavy atom. The first-order chi connectivity index (χ1) is 14.4. The lowest BCUT2D eigenvalue weighted by Crippen LogP contribution is -2.35. The molecule has 0 saturated carbocycles. The zero-order valence-corrected chi connectivity index (χ0v) is 16.8. The number of nitrogens with zero attached hydrogens (tertiary/aromatic N) is 1. The van der Waals surface area contributed by atoms with Crippen LogP contribution < -0.4 is 14.8 Å². The smallest absolute Gasteiger partial charge is 0.329 e. The topological polar surface area (TPSA) is 105 Å². The molecule has 0 aromatic heterocycles. The number of carbonyl (C=O) groups is 3. The Morgan fingerprint density at radius 3 is 2.60 bits per heavy atom. The van der Waals surface area contributed by atoms with E-state index >= 15 is 0 Å². The van der Waals surface area contributed by atoms with Gasteiger partial charge in [0.2, 0.25) is 0 Å². The number of ether oxygens (including phenoxy) is 2. The Bertz CT molecular complexity index is 1010. The Balaban J connectivity index is 1.86. The molecule has 0 atom stereocenters. The van der Waals surface area contributed by atoms with Crippen LogP contribution in [0.2, 0.25) is 5.02 Å². The predicted molar refractivity (Wildman–Crippen MR) is 109 cm³/mol. The van der Waals surface area contributed by atoms with E-state index in [0.717, 1.165) is 5.56 Å². The summed E-state index contributed by atoms with van der Waals surface area (Å²) in [5.74, 6) is -1.28. The molecule has 0 unspecified atom stereocenters. The fraction of sp³-hybridized carbons (Fsp3) is 0.190. The normalized spacial score (nSPS) is 14.7. The summed E-state index contributed by atoms with van der Waals surface area (Å²) in [6.45, 7) is 1.74. The summed E-state index contributed by atoms with van der Waals surface area (Å²) in [5, 5.41) is 11.5. The number of carboxylic acids is 1. The zero-order valence-electron chi connectivity index (χ0n) is 16.1. The lowest BCUT2D eigenvalue weighted by molar-refractivity contribution is -0.140. The average Bonchev–Trinajstić information content (AvgIpc) is 2.95. The van der Waals surface area contributed by atoms with E-state index in [9.17, 15) is 14.4 Å². The third-order valence-electron chi connectivity index (χ3n) is 4.12. The number of carboxylic acid groups (broad SMARTS) is 1. The molecule has 0 aliphatic carbocycles. The highest BCUT2D eigenvalue weighted by Gasteiger charge is 2.34. The minimum absolute atomic E-state index is 0.0577. The molecule has 3 rings (SSSR count). The molecule has 0 spiro atoms. The van der Waals surface area contributed by atoms with Crippen molar-refractivity contribution in [3.63, 3.8) is 0 Å². The first-order valence-electron chi connectivity index (χ1n) is 9.08. The van der Waals surface area contributed by atoms with E-state index in [4.69, 9.17) is 26.2 Å². The minimum Gasteiger partial charge on any atom is -0.490 e. The zero-order chi connectivity index (χ0) is 21.7. The Morgan fingerprint density at radius 1 is 1.20 bits per heavy atom. The summed E-state index contributed by atoms with van der Waals surface area (Å²) in [5.41, 5.74) is 1.38. The molecule has 30 heavy (non-hydrogen) atoms. The van der Waals surface area contributed by atoms with Crippen molar-refractivity contribution in [2.45, 2.75) is 13.5 Å². The SMILES string of the molecule is CCOc1cc(/C=C2/NC(=O)N(CC(=O)O)C2=O)cc(Cl)c1OCc1ccccc1. The van der Waals surface area contributed by atoms with E-state index < -0.39 is 24.5 Å². The minimum atomic E-state index is -1.29. The van der Waals surface area contributed by atoms with Crippen molar-refractivity contribution in [1.29, 1.82) is 0 Å². The summed E-state index contributed by atoms with van der Waals surface area (Å²) >= 11 is 6.39. The highest BCUT2D eigenvalue weighted by Crippen LogP contribution is 2.38. The van der Waals surface area contributed by atoms with Gasteiger partial charge in [-0.25, -0.2) is 9.69 Å². The predicted octanol–water partition coefficient (Wildman–Crippen LogP) is 3.30. The number of rotatable bonds is 8. The third kappa shape index (κ3) is 4.90. The Kier molecular flexibility index (Phi) is 6.58. The highest BCUT2D eigenvalue weighted by molar-refractivity contribution is 6.32. The van der Waals surface area contributed by atoms with Gasteiger partial charge in [-0.1, -0.05) is 41.9 Å². The standard InChI is InChI=1S/C21H19ClN2O6/c1-2-29-17-10-14(9-16-20(27)24(11-18(25)26)21(28)23-16)8-15(22)19(17)30-12-13-6-4-3-5-7-13/h3-10H,2,11-12H2,1H3,(H,23,28)(H,25,26)/b16-9+. The maximum Gasteiger partial charge on any atom is 0.329 e. The quantitative estimate of drug-likeness (QED) is 0.491. The van der Waals surface area contributed by atoms with Crippen LogP contribution in [0.15, 0.2) is 48.2 Å². The summed E-state index contributed by atoms with van der Waals surface area (Å²) in [4.78, 5) is 35.6. The van der Waals surface area contributed by atoms with Gasteiger partial charge in [0.05, 0.1) is 11.6 Å². The van der Waals surface area contributed by atoms with Crippen molar-refractivity contribution >= 4 is 35.6 Å². The molecule has 1 heterocycles. The van der Waals surface area contributed by atoms with E-state index in [1.54, 1.807) is 12.1 Å². The fourth-order valence-corrected chi connectivity index (χ4v) is 3.09. The lowest BCUT2D eigenvalue weighted by atomic mass is 10.1. The summed E-state index contributed by atoms with van der Waals surface area (Å²) in [6, 6.07) is 11.9. The maximum atomic E-state index is 12.3. The van der Waals surface area contributed by atoms with Crippen molar-refractivity contribution in [3.05, 3.63) is 64.3 Å². The van der Waals surface area contributed by atoms with Crippen molar-refractivity contribution in [3.8, 4) is 11.5 Å². The van der Waals surface area contributed by atoms with E-state index in [0.29, 0.717) is 35.2 Å². The Labute approximate surface area is 177 Å². The number of amides is 3. The number of hydrogen-bond donors (Lipinski definition) is 2. The molecule has 2 aromatic carbocycles. The molecule has 1 aliphatic rings. The number of nitrogens with one attached hydrogen (secondary N) is 1. The van der Waals surface area contributed by atoms with E-state index in [1.807, 2.05) is 37.3 Å². The molecule has 1 saturated heterocycles. The number of benzene rings is 2. The van der Waals surface area contributed by atoms with Crippen molar-refractivity contribution in [2.75, 3.05) is 13.2 Å². The monoisotopic (exact) mass is 430 g/mol. The molecule has 156 valence electrons. The largest absolute Gasteiger partial charge is 0.490 e. The van der Waals surface area contributed by atoms with Gasteiger partial charge in [-0.3, -0.25) is 9.59 Å². The van der Waals surface area contributed by atoms with Gasteiger partial charge >= 0.3 is 12.0 Å². The number of halogens is 1. The molecular formula is C21H19ClN2O6. The van der Waals surface area contributed by atoms with Gasteiger partial charge in [-0.05, 0) is 36.3 Å². The molecule has 8 nitrogen and oxygen atoms in total. The van der Waals surface area contributed by atoms with Crippen LogP contribution in [0, 0.1) is 0 Å². The van der Waals surface area contributed by atoms with Crippen molar-refractivity contribution in [1.82, 2.24) is 10.2 Å². The Hall–Kier alpha value is -3.52. The summed E-state index contributed by atoms with van der Waals surface area (Å²) in [7, 11) is 0. The van der Waals surface area contributed by atoms with Gasteiger partial charge in [-0.15, -0.1) is 0 Å². The maximum absolute atomic E-state index is 12.3. The number of aliphatic carboxylic acids is 1. The highest BCUT2D eigenvalue weighted by atomic mass is 35.5. The number of carbonyl (C=O) groups excluding carboxylic acids is 2. The van der Waals surface area contributed by atoms with Crippen LogP contribution in [-0.2, 0) is 16.2 Å². The van der Waals surface area contributed by atoms with Crippen LogP contribution in [0.3, 0.4) is 0 Å². The van der Waals surface area contributed by atoms with Crippen molar-refractivity contribution in [2.24, 2.45) is 0 Å². The summed E-state index contributed by atoms with van der Waals surface area (Å²) in [6.07, 6.45) is 1.40.